The maximum absolute atomic E-state index is 15.4. The third kappa shape index (κ3) is 4.43. The lowest BCUT2D eigenvalue weighted by molar-refractivity contribution is -0.547. The molecule has 0 bridgehead atoms. The second-order valence-corrected chi connectivity index (χ2v) is 10.6. The number of alkyl halides is 6. The molecule has 10 heteroatoms. The minimum Gasteiger partial charge on any atom is -0.378 e. The van der Waals surface area contributed by atoms with Crippen molar-refractivity contribution in [2.24, 2.45) is 0 Å². The van der Waals surface area contributed by atoms with Gasteiger partial charge in [0.15, 0.2) is 18.8 Å². The topological polar surface area (TPSA) is 24.7 Å². The number of hydrogen-bond acceptors (Lipinski definition) is 3. The third-order valence-electron chi connectivity index (χ3n) is 8.37. The molecule has 2 saturated heterocycles. The molecule has 216 valence electrons. The van der Waals surface area contributed by atoms with E-state index in [4.69, 9.17) is 9.47 Å². The Balaban J connectivity index is 1.73. The largest absolute Gasteiger partial charge is 0.411 e. The molecule has 2 aliphatic heterocycles. The summed E-state index contributed by atoms with van der Waals surface area (Å²) in [5, 5.41) is 0. The summed E-state index contributed by atoms with van der Waals surface area (Å²) in [7, 11) is 0. The molecule has 0 N–H and O–H groups in total. The van der Waals surface area contributed by atoms with E-state index in [0.717, 1.165) is 17.7 Å². The van der Waals surface area contributed by atoms with Crippen LogP contribution in [0.4, 0.5) is 32.0 Å². The molecule has 2 fully saturated rings. The molecule has 2 heterocycles. The number of benzene rings is 2. The molecule has 4 nitrogen and oxygen atoms in total. The van der Waals surface area contributed by atoms with E-state index in [0.29, 0.717) is 75.1 Å². The molecular weight excluding hydrogens is 546 g/mol. The summed E-state index contributed by atoms with van der Waals surface area (Å²) in [6, 6.07) is 11.2. The van der Waals surface area contributed by atoms with Gasteiger partial charge in [0, 0.05) is 30.9 Å². The molecule has 0 saturated carbocycles. The Kier molecular flexibility index (Phi) is 6.89. The van der Waals surface area contributed by atoms with Gasteiger partial charge in [0.25, 0.3) is 0 Å². The van der Waals surface area contributed by atoms with Gasteiger partial charge in [-0.1, -0.05) is 30.3 Å². The van der Waals surface area contributed by atoms with Gasteiger partial charge in [-0.05, 0) is 64.1 Å². The molecule has 0 atom stereocenters. The van der Waals surface area contributed by atoms with Crippen LogP contribution in [0.25, 0.3) is 5.57 Å². The minimum absolute atomic E-state index is 0.0717. The van der Waals surface area contributed by atoms with Crippen LogP contribution in [0.1, 0.15) is 22.3 Å². The smallest absolute Gasteiger partial charge is 0.378 e. The molecule has 0 radical (unpaired) electrons. The number of aryl methyl sites for hydroxylation is 1. The van der Waals surface area contributed by atoms with E-state index in [2.05, 4.69) is 0 Å². The first-order valence-electron chi connectivity index (χ1n) is 13.6. The Hall–Kier alpha value is -3.37. The fourth-order valence-electron chi connectivity index (χ4n) is 6.36. The Bertz CT molecular complexity index is 1470. The molecule has 2 aliphatic carbocycles. The Morgan fingerprint density at radius 3 is 2.12 bits per heavy atom. The molecule has 2 aromatic rings. The number of morpholine rings is 2. The monoisotopic (exact) mass is 575 g/mol. The average molecular weight is 576 g/mol. The number of hydrogen-bond donors (Lipinski definition) is 0. The fourth-order valence-corrected chi connectivity index (χ4v) is 6.36. The van der Waals surface area contributed by atoms with Crippen molar-refractivity contribution < 1.29 is 40.4 Å². The lowest BCUT2D eigenvalue weighted by atomic mass is 9.61. The second kappa shape index (κ2) is 10.2. The van der Waals surface area contributed by atoms with Crippen LogP contribution < -0.4 is 4.90 Å². The first-order chi connectivity index (χ1) is 19.5. The number of fused-ring (bicyclic) bond motifs is 2. The van der Waals surface area contributed by atoms with E-state index in [-0.39, 0.29) is 11.1 Å². The number of anilines is 1. The lowest BCUT2D eigenvalue weighted by Gasteiger charge is -2.45. The summed E-state index contributed by atoms with van der Waals surface area (Å²) < 4.78 is 105. The summed E-state index contributed by atoms with van der Waals surface area (Å²) >= 11 is 0. The highest BCUT2D eigenvalue weighted by atomic mass is 19.4. The van der Waals surface area contributed by atoms with Crippen molar-refractivity contribution in [2.75, 3.05) is 57.5 Å². The second-order valence-electron chi connectivity index (χ2n) is 10.6. The van der Waals surface area contributed by atoms with Crippen molar-refractivity contribution in [3.63, 3.8) is 0 Å². The van der Waals surface area contributed by atoms with Crippen molar-refractivity contribution in [2.45, 2.75) is 24.7 Å². The molecule has 2 aromatic carbocycles. The molecule has 0 aromatic heterocycles. The maximum Gasteiger partial charge on any atom is 0.411 e. The molecule has 6 rings (SSSR count). The van der Waals surface area contributed by atoms with E-state index < -0.39 is 28.9 Å². The van der Waals surface area contributed by atoms with Crippen LogP contribution in [0.15, 0.2) is 71.8 Å². The van der Waals surface area contributed by atoms with E-state index >= 15 is 26.3 Å². The lowest BCUT2D eigenvalue weighted by Crippen LogP contribution is -2.57. The van der Waals surface area contributed by atoms with Crippen LogP contribution in [0.3, 0.4) is 0 Å². The highest BCUT2D eigenvalue weighted by Gasteiger charge is 2.75. The van der Waals surface area contributed by atoms with E-state index in [1.54, 1.807) is 52.8 Å². The third-order valence-corrected chi connectivity index (χ3v) is 8.37. The van der Waals surface area contributed by atoms with E-state index in [9.17, 15) is 0 Å². The number of rotatable bonds is 2. The molecular formula is C31H29F6N2O2+. The number of halogens is 6. The van der Waals surface area contributed by atoms with Crippen LogP contribution in [0.5, 0.6) is 0 Å². The predicted octanol–water partition coefficient (Wildman–Crippen LogP) is 5.99. The first-order valence-corrected chi connectivity index (χ1v) is 13.6. The number of nitrogens with zero attached hydrogens (tertiary/aromatic N) is 2. The van der Waals surface area contributed by atoms with Gasteiger partial charge in [-0.3, -0.25) is 0 Å². The van der Waals surface area contributed by atoms with Crippen molar-refractivity contribution in [3.05, 3.63) is 94.1 Å². The molecule has 4 aliphatic rings. The van der Waals surface area contributed by atoms with Gasteiger partial charge in [0.2, 0.25) is 5.41 Å². The van der Waals surface area contributed by atoms with Crippen molar-refractivity contribution in [1.82, 2.24) is 0 Å². The summed E-state index contributed by atoms with van der Waals surface area (Å²) in [4.78, 5) is 1.77. The van der Waals surface area contributed by atoms with Crippen LogP contribution >= 0.6 is 0 Å². The van der Waals surface area contributed by atoms with Gasteiger partial charge in [-0.15, -0.1) is 0 Å². The predicted molar refractivity (Wildman–Crippen MR) is 144 cm³/mol. The molecule has 0 amide bonds. The molecule has 41 heavy (non-hydrogen) atoms. The van der Waals surface area contributed by atoms with Crippen molar-refractivity contribution >= 4 is 17.0 Å². The van der Waals surface area contributed by atoms with Gasteiger partial charge in [-0.2, -0.15) is 26.3 Å². The van der Waals surface area contributed by atoms with Crippen molar-refractivity contribution in [1.29, 1.82) is 0 Å². The SMILES string of the molecule is Cc1ccccc1C1=C2C=CC(=[N+]3CCOCC3)C=C2C(C(F)(F)F)(C(F)(F)F)c2cc(N3CCOCC3)ccc21. The zero-order valence-electron chi connectivity index (χ0n) is 22.4. The Labute approximate surface area is 233 Å². The standard InChI is InChI=1S/C31H29F6N2O2/c1-20-4-2-3-5-23(20)28-24-8-6-21(38-10-14-40-15-11-38)18-26(24)29(30(32,33)34,31(35,36)37)27-19-22(7-9-25(27)28)39-12-16-41-17-13-39/h2-9,18-19H,10-17H2,1H3/q+1. The highest BCUT2D eigenvalue weighted by Crippen LogP contribution is 2.63. The molecule has 0 spiro atoms. The van der Waals surface area contributed by atoms with Gasteiger partial charge in [0.05, 0.1) is 13.2 Å². The zero-order chi connectivity index (χ0) is 29.0. The maximum atomic E-state index is 15.4. The number of ether oxygens (including phenoxy) is 2. The Morgan fingerprint density at radius 1 is 0.805 bits per heavy atom. The van der Waals surface area contributed by atoms with Crippen molar-refractivity contribution in [3.8, 4) is 0 Å². The Morgan fingerprint density at radius 2 is 1.46 bits per heavy atom. The average Bonchev–Trinajstić information content (AvgIpc) is 2.95. The normalized spacial score (nSPS) is 21.0. The van der Waals surface area contributed by atoms with E-state index in [1.807, 2.05) is 0 Å². The van der Waals surface area contributed by atoms with Gasteiger partial charge < -0.3 is 14.4 Å². The summed E-state index contributed by atoms with van der Waals surface area (Å²) in [6.07, 6.45) is -7.22. The van der Waals surface area contributed by atoms with E-state index in [1.165, 1.54) is 12.1 Å². The van der Waals surface area contributed by atoms with Gasteiger partial charge in [-0.25, -0.2) is 4.58 Å². The molecule has 0 unspecified atom stereocenters. The minimum atomic E-state index is -5.68. The number of allylic oxidation sites excluding steroid dienone is 5. The van der Waals surface area contributed by atoms with Crippen LogP contribution in [0, 0.1) is 6.92 Å². The van der Waals surface area contributed by atoms with Crippen LogP contribution in [-0.2, 0) is 14.9 Å². The van der Waals surface area contributed by atoms with Crippen LogP contribution in [-0.4, -0.2) is 75.2 Å². The summed E-state index contributed by atoms with van der Waals surface area (Å²) in [5.41, 5.74) is -3.66. The van der Waals surface area contributed by atoms with Gasteiger partial charge in [0.1, 0.15) is 13.2 Å². The highest BCUT2D eigenvalue weighted by molar-refractivity contribution is 6.07. The first kappa shape index (κ1) is 27.8. The quantitative estimate of drug-likeness (QED) is 0.325. The summed E-state index contributed by atoms with van der Waals surface area (Å²) in [5.74, 6) is 0. The fraction of sp³-hybridized carbons (Fsp3) is 0.387. The van der Waals surface area contributed by atoms with Gasteiger partial charge >= 0.3 is 12.4 Å². The summed E-state index contributed by atoms with van der Waals surface area (Å²) in [6.45, 7) is 4.65. The van der Waals surface area contributed by atoms with Crippen LogP contribution in [0.2, 0.25) is 0 Å². The zero-order valence-corrected chi connectivity index (χ0v) is 22.4.